The third-order valence-electron chi connectivity index (χ3n) is 3.77. The van der Waals surface area contributed by atoms with Crippen molar-refractivity contribution in [2.45, 2.75) is 46.1 Å². The molecule has 13 heavy (non-hydrogen) atoms. The fourth-order valence-corrected chi connectivity index (χ4v) is 2.73. The molecule has 0 aromatic rings. The summed E-state index contributed by atoms with van der Waals surface area (Å²) in [6, 6.07) is 0. The van der Waals surface area contributed by atoms with Crippen LogP contribution in [0.15, 0.2) is 0 Å². The number of rotatable bonds is 0. The van der Waals surface area contributed by atoms with E-state index in [1.165, 1.54) is 6.42 Å². The molecule has 1 saturated heterocycles. The standard InChI is InChI=1S/C11H18O2/c1-7-4-5-8-9(6-7)13-10(12)11(8,2)3/h7-9H,4-6H2,1-3H3/t7?,8-,9-/m1/s1. The highest BCUT2D eigenvalue weighted by Gasteiger charge is 2.52. The smallest absolute Gasteiger partial charge is 0.312 e. The fraction of sp³-hybridized carbons (Fsp3) is 0.909. The molecule has 2 nitrogen and oxygen atoms in total. The molecule has 2 rings (SSSR count). The average molecular weight is 182 g/mol. The zero-order valence-electron chi connectivity index (χ0n) is 8.67. The molecule has 1 heterocycles. The Morgan fingerprint density at radius 1 is 1.38 bits per heavy atom. The summed E-state index contributed by atoms with van der Waals surface area (Å²) in [6.07, 6.45) is 3.69. The molecule has 0 amide bonds. The number of carbonyl (C=O) groups is 1. The quantitative estimate of drug-likeness (QED) is 0.538. The lowest BCUT2D eigenvalue weighted by molar-refractivity contribution is -0.147. The van der Waals surface area contributed by atoms with Crippen LogP contribution in [-0.2, 0) is 9.53 Å². The van der Waals surface area contributed by atoms with Gasteiger partial charge < -0.3 is 4.74 Å². The van der Waals surface area contributed by atoms with Crippen molar-refractivity contribution in [1.29, 1.82) is 0 Å². The van der Waals surface area contributed by atoms with Gasteiger partial charge in [-0.3, -0.25) is 4.79 Å². The van der Waals surface area contributed by atoms with E-state index in [0.29, 0.717) is 5.92 Å². The minimum absolute atomic E-state index is 0.0107. The van der Waals surface area contributed by atoms with Crippen LogP contribution in [0.4, 0.5) is 0 Å². The van der Waals surface area contributed by atoms with Gasteiger partial charge in [0, 0.05) is 5.92 Å². The van der Waals surface area contributed by atoms with E-state index in [2.05, 4.69) is 6.92 Å². The Labute approximate surface area is 79.7 Å². The third-order valence-corrected chi connectivity index (χ3v) is 3.77. The van der Waals surface area contributed by atoms with Gasteiger partial charge in [0.25, 0.3) is 0 Å². The van der Waals surface area contributed by atoms with Crippen molar-refractivity contribution in [2.24, 2.45) is 17.3 Å². The van der Waals surface area contributed by atoms with E-state index in [1.54, 1.807) is 0 Å². The molecule has 0 spiro atoms. The van der Waals surface area contributed by atoms with E-state index in [1.807, 2.05) is 13.8 Å². The fourth-order valence-electron chi connectivity index (χ4n) is 2.73. The molecular weight excluding hydrogens is 164 g/mol. The monoisotopic (exact) mass is 182 g/mol. The van der Waals surface area contributed by atoms with Crippen LogP contribution >= 0.6 is 0 Å². The van der Waals surface area contributed by atoms with Crippen molar-refractivity contribution >= 4 is 5.97 Å². The van der Waals surface area contributed by atoms with Crippen LogP contribution in [0, 0.1) is 17.3 Å². The van der Waals surface area contributed by atoms with Crippen molar-refractivity contribution in [2.75, 3.05) is 0 Å². The topological polar surface area (TPSA) is 26.3 Å². The van der Waals surface area contributed by atoms with Crippen LogP contribution < -0.4 is 0 Å². The molecule has 1 aliphatic heterocycles. The van der Waals surface area contributed by atoms with Crippen LogP contribution in [0.2, 0.25) is 0 Å². The summed E-state index contributed by atoms with van der Waals surface area (Å²) in [7, 11) is 0. The molecule has 0 aromatic heterocycles. The number of ether oxygens (including phenoxy) is 1. The molecule has 1 aliphatic carbocycles. The van der Waals surface area contributed by atoms with Gasteiger partial charge in [-0.2, -0.15) is 0 Å². The van der Waals surface area contributed by atoms with Crippen LogP contribution in [0.3, 0.4) is 0 Å². The largest absolute Gasteiger partial charge is 0.462 e. The van der Waals surface area contributed by atoms with Crippen LogP contribution in [0.25, 0.3) is 0 Å². The van der Waals surface area contributed by atoms with Gasteiger partial charge in [-0.15, -0.1) is 0 Å². The number of esters is 1. The summed E-state index contributed by atoms with van der Waals surface area (Å²) in [6.45, 7) is 6.29. The number of hydrogen-bond acceptors (Lipinski definition) is 2. The molecular formula is C11H18O2. The highest BCUT2D eigenvalue weighted by Crippen LogP contribution is 2.47. The first-order valence-electron chi connectivity index (χ1n) is 5.23. The minimum atomic E-state index is -0.231. The summed E-state index contributed by atoms with van der Waals surface area (Å²) < 4.78 is 5.41. The number of carbonyl (C=O) groups excluding carboxylic acids is 1. The molecule has 2 aliphatic rings. The van der Waals surface area contributed by atoms with E-state index < -0.39 is 0 Å². The predicted octanol–water partition coefficient (Wildman–Crippen LogP) is 2.37. The molecule has 2 heteroatoms. The van der Waals surface area contributed by atoms with Crippen molar-refractivity contribution in [1.82, 2.24) is 0 Å². The Morgan fingerprint density at radius 2 is 2.08 bits per heavy atom. The van der Waals surface area contributed by atoms with Crippen molar-refractivity contribution < 1.29 is 9.53 Å². The van der Waals surface area contributed by atoms with Crippen LogP contribution in [0.1, 0.15) is 40.0 Å². The molecule has 2 fully saturated rings. The van der Waals surface area contributed by atoms with Gasteiger partial charge >= 0.3 is 5.97 Å². The van der Waals surface area contributed by atoms with E-state index in [4.69, 9.17) is 4.74 Å². The molecule has 1 unspecified atom stereocenters. The van der Waals surface area contributed by atoms with Crippen LogP contribution in [0.5, 0.6) is 0 Å². The second-order valence-corrected chi connectivity index (χ2v) is 5.19. The zero-order chi connectivity index (χ0) is 9.64. The summed E-state index contributed by atoms with van der Waals surface area (Å²) in [4.78, 5) is 11.5. The third kappa shape index (κ3) is 1.27. The maximum absolute atomic E-state index is 11.5. The lowest BCUT2D eigenvalue weighted by Gasteiger charge is -2.32. The van der Waals surface area contributed by atoms with Crippen molar-refractivity contribution in [3.8, 4) is 0 Å². The average Bonchev–Trinajstić information content (AvgIpc) is 2.23. The molecule has 0 bridgehead atoms. The SMILES string of the molecule is CC1CC[C@@H]2[C@@H](C1)OC(=O)C2(C)C. The zero-order valence-corrected chi connectivity index (χ0v) is 8.67. The Bertz CT molecular complexity index is 232. The van der Waals surface area contributed by atoms with Crippen molar-refractivity contribution in [3.63, 3.8) is 0 Å². The number of hydrogen-bond donors (Lipinski definition) is 0. The summed E-state index contributed by atoms with van der Waals surface area (Å²) in [5, 5.41) is 0. The van der Waals surface area contributed by atoms with Gasteiger partial charge in [-0.25, -0.2) is 0 Å². The summed E-state index contributed by atoms with van der Waals surface area (Å²) in [5.41, 5.74) is -0.231. The highest BCUT2D eigenvalue weighted by atomic mass is 16.6. The number of fused-ring (bicyclic) bond motifs is 1. The van der Waals surface area contributed by atoms with E-state index in [9.17, 15) is 4.79 Å². The van der Waals surface area contributed by atoms with Crippen molar-refractivity contribution in [3.05, 3.63) is 0 Å². The Kier molecular flexibility index (Phi) is 1.90. The Hall–Kier alpha value is -0.530. The predicted molar refractivity (Wildman–Crippen MR) is 50.2 cm³/mol. The summed E-state index contributed by atoms with van der Waals surface area (Å²) in [5.74, 6) is 1.20. The molecule has 0 radical (unpaired) electrons. The molecule has 0 aromatic carbocycles. The van der Waals surface area contributed by atoms with Gasteiger partial charge in [-0.1, -0.05) is 13.3 Å². The lowest BCUT2D eigenvalue weighted by atomic mass is 9.70. The molecule has 74 valence electrons. The van der Waals surface area contributed by atoms with Gasteiger partial charge in [0.15, 0.2) is 0 Å². The Morgan fingerprint density at radius 3 is 2.77 bits per heavy atom. The van der Waals surface area contributed by atoms with Gasteiger partial charge in [0.2, 0.25) is 0 Å². The molecule has 1 saturated carbocycles. The maximum Gasteiger partial charge on any atom is 0.312 e. The normalized spacial score (nSPS) is 42.7. The first-order chi connectivity index (χ1) is 6.01. The highest BCUT2D eigenvalue weighted by molar-refractivity contribution is 5.78. The second kappa shape index (κ2) is 2.73. The lowest BCUT2D eigenvalue weighted by Crippen LogP contribution is -2.32. The molecule has 3 atom stereocenters. The van der Waals surface area contributed by atoms with Gasteiger partial charge in [-0.05, 0) is 32.6 Å². The van der Waals surface area contributed by atoms with Gasteiger partial charge in [0.1, 0.15) is 6.10 Å². The molecule has 0 N–H and O–H groups in total. The first kappa shape index (κ1) is 9.04. The summed E-state index contributed by atoms with van der Waals surface area (Å²) >= 11 is 0. The van der Waals surface area contributed by atoms with E-state index in [-0.39, 0.29) is 17.5 Å². The van der Waals surface area contributed by atoms with E-state index >= 15 is 0 Å². The van der Waals surface area contributed by atoms with Crippen LogP contribution in [-0.4, -0.2) is 12.1 Å². The maximum atomic E-state index is 11.5. The van der Waals surface area contributed by atoms with Gasteiger partial charge in [0.05, 0.1) is 5.41 Å². The minimum Gasteiger partial charge on any atom is -0.462 e. The first-order valence-corrected chi connectivity index (χ1v) is 5.23. The second-order valence-electron chi connectivity index (χ2n) is 5.19. The Balaban J connectivity index is 2.18. The van der Waals surface area contributed by atoms with E-state index in [0.717, 1.165) is 18.8 Å².